The van der Waals surface area contributed by atoms with E-state index in [-0.39, 0.29) is 18.1 Å². The van der Waals surface area contributed by atoms with Crippen molar-refractivity contribution in [2.75, 3.05) is 19.7 Å². The van der Waals surface area contributed by atoms with Crippen molar-refractivity contribution in [3.63, 3.8) is 0 Å². The molecule has 1 aromatic heterocycles. The van der Waals surface area contributed by atoms with Crippen LogP contribution >= 0.6 is 0 Å². The van der Waals surface area contributed by atoms with E-state index in [1.807, 2.05) is 29.2 Å². The number of ether oxygens (including phenoxy) is 2. The van der Waals surface area contributed by atoms with Gasteiger partial charge in [-0.3, -0.25) is 14.2 Å². The van der Waals surface area contributed by atoms with Crippen molar-refractivity contribution < 1.29 is 14.3 Å². The Morgan fingerprint density at radius 1 is 1.22 bits per heavy atom. The molecule has 4 rings (SSSR count). The van der Waals surface area contributed by atoms with Crippen LogP contribution in [0.15, 0.2) is 41.6 Å². The molecule has 0 N–H and O–H groups in total. The number of hydrogen-bond donors (Lipinski definition) is 0. The van der Waals surface area contributed by atoms with Gasteiger partial charge in [0.15, 0.2) is 11.5 Å². The fraction of sp³-hybridized carbons (Fsp3) is 0.450. The predicted octanol–water partition coefficient (Wildman–Crippen LogP) is 1.63. The molecule has 2 aliphatic heterocycles. The summed E-state index contributed by atoms with van der Waals surface area (Å²) in [6, 6.07) is 7.39. The minimum atomic E-state index is -0.597. The highest BCUT2D eigenvalue weighted by atomic mass is 16.6. The SMILES string of the molecule is Cc1cncn(CC2CCN(C(=O)C3COc4ccccc4O3)CC2)c1=O. The summed E-state index contributed by atoms with van der Waals surface area (Å²) in [6.07, 6.45) is 4.30. The molecule has 1 saturated heterocycles. The molecule has 1 atom stereocenters. The standard InChI is InChI=1S/C20H23N3O4/c1-14-10-21-13-23(19(14)24)11-15-6-8-22(9-7-15)20(25)18-12-26-16-4-2-3-5-17(16)27-18/h2-5,10,13,15,18H,6-9,11-12H2,1H3. The van der Waals surface area contributed by atoms with Gasteiger partial charge in [-0.05, 0) is 37.8 Å². The first kappa shape index (κ1) is 17.6. The minimum Gasteiger partial charge on any atom is -0.485 e. The fourth-order valence-corrected chi connectivity index (χ4v) is 3.65. The number of para-hydroxylation sites is 2. The van der Waals surface area contributed by atoms with Gasteiger partial charge in [0.2, 0.25) is 6.10 Å². The summed E-state index contributed by atoms with van der Waals surface area (Å²) in [5.74, 6) is 1.62. The fourth-order valence-electron chi connectivity index (χ4n) is 3.65. The molecule has 3 heterocycles. The predicted molar refractivity (Wildman–Crippen MR) is 98.9 cm³/mol. The number of amides is 1. The Kier molecular flexibility index (Phi) is 4.83. The van der Waals surface area contributed by atoms with E-state index in [1.54, 1.807) is 24.0 Å². The maximum atomic E-state index is 12.8. The van der Waals surface area contributed by atoms with E-state index in [0.29, 0.717) is 42.6 Å². The van der Waals surface area contributed by atoms with Gasteiger partial charge in [-0.25, -0.2) is 4.98 Å². The quantitative estimate of drug-likeness (QED) is 0.822. The zero-order valence-electron chi connectivity index (χ0n) is 15.3. The first-order valence-corrected chi connectivity index (χ1v) is 9.30. The zero-order chi connectivity index (χ0) is 18.8. The van der Waals surface area contributed by atoms with E-state index in [2.05, 4.69) is 4.98 Å². The molecular weight excluding hydrogens is 346 g/mol. The molecule has 1 unspecified atom stereocenters. The van der Waals surface area contributed by atoms with Gasteiger partial charge in [0.1, 0.15) is 6.61 Å². The van der Waals surface area contributed by atoms with Crippen molar-refractivity contribution in [2.24, 2.45) is 5.92 Å². The van der Waals surface area contributed by atoms with E-state index in [1.165, 1.54) is 0 Å². The molecule has 0 bridgehead atoms. The van der Waals surface area contributed by atoms with E-state index in [9.17, 15) is 9.59 Å². The maximum absolute atomic E-state index is 12.8. The lowest BCUT2D eigenvalue weighted by molar-refractivity contribution is -0.142. The highest BCUT2D eigenvalue weighted by Crippen LogP contribution is 2.31. The summed E-state index contributed by atoms with van der Waals surface area (Å²) in [5.41, 5.74) is 0.662. The summed E-state index contributed by atoms with van der Waals surface area (Å²) in [6.45, 7) is 3.99. The third kappa shape index (κ3) is 3.67. The summed E-state index contributed by atoms with van der Waals surface area (Å²) in [7, 11) is 0. The van der Waals surface area contributed by atoms with Gasteiger partial charge >= 0.3 is 0 Å². The minimum absolute atomic E-state index is 0.00919. The zero-order valence-corrected chi connectivity index (χ0v) is 15.3. The highest BCUT2D eigenvalue weighted by Gasteiger charge is 2.33. The summed E-state index contributed by atoms with van der Waals surface area (Å²) < 4.78 is 13.2. The molecular formula is C20H23N3O4. The van der Waals surface area contributed by atoms with Gasteiger partial charge in [-0.1, -0.05) is 12.1 Å². The van der Waals surface area contributed by atoms with Crippen LogP contribution in [0.1, 0.15) is 18.4 Å². The van der Waals surface area contributed by atoms with Crippen LogP contribution in [0.2, 0.25) is 0 Å². The molecule has 2 aliphatic rings. The molecule has 0 radical (unpaired) electrons. The number of nitrogens with zero attached hydrogens (tertiary/aromatic N) is 3. The molecule has 2 aromatic rings. The molecule has 7 heteroatoms. The van der Waals surface area contributed by atoms with Crippen molar-refractivity contribution >= 4 is 5.91 Å². The van der Waals surface area contributed by atoms with E-state index >= 15 is 0 Å². The number of aryl methyl sites for hydroxylation is 1. The molecule has 27 heavy (non-hydrogen) atoms. The molecule has 0 saturated carbocycles. The van der Waals surface area contributed by atoms with Crippen LogP contribution in [0.3, 0.4) is 0 Å². The molecule has 7 nitrogen and oxygen atoms in total. The Bertz CT molecular complexity index is 887. The highest BCUT2D eigenvalue weighted by molar-refractivity contribution is 5.82. The van der Waals surface area contributed by atoms with Crippen LogP contribution in [0.4, 0.5) is 0 Å². The summed E-state index contributed by atoms with van der Waals surface area (Å²) in [5, 5.41) is 0. The van der Waals surface area contributed by atoms with Gasteiger partial charge in [0, 0.05) is 31.4 Å². The van der Waals surface area contributed by atoms with Crippen LogP contribution in [-0.2, 0) is 11.3 Å². The Morgan fingerprint density at radius 3 is 2.74 bits per heavy atom. The molecule has 0 spiro atoms. The number of aromatic nitrogens is 2. The monoisotopic (exact) mass is 369 g/mol. The normalized spacial score (nSPS) is 19.7. The smallest absolute Gasteiger partial charge is 0.267 e. The number of benzene rings is 1. The Balaban J connectivity index is 1.33. The molecule has 142 valence electrons. The van der Waals surface area contributed by atoms with Crippen LogP contribution in [0, 0.1) is 12.8 Å². The average Bonchev–Trinajstić information content (AvgIpc) is 2.71. The lowest BCUT2D eigenvalue weighted by Crippen LogP contribution is -2.49. The third-order valence-electron chi connectivity index (χ3n) is 5.24. The second-order valence-corrected chi connectivity index (χ2v) is 7.17. The van der Waals surface area contributed by atoms with Crippen LogP contribution in [-0.4, -0.2) is 46.2 Å². The number of rotatable bonds is 3. The van der Waals surface area contributed by atoms with Crippen molar-refractivity contribution in [2.45, 2.75) is 32.4 Å². The van der Waals surface area contributed by atoms with Gasteiger partial charge in [-0.15, -0.1) is 0 Å². The van der Waals surface area contributed by atoms with Crippen molar-refractivity contribution in [1.29, 1.82) is 0 Å². The number of fused-ring (bicyclic) bond motifs is 1. The first-order chi connectivity index (χ1) is 13.1. The number of carbonyl (C=O) groups is 1. The van der Waals surface area contributed by atoms with E-state index < -0.39 is 6.10 Å². The van der Waals surface area contributed by atoms with Gasteiger partial charge in [-0.2, -0.15) is 0 Å². The third-order valence-corrected chi connectivity index (χ3v) is 5.24. The van der Waals surface area contributed by atoms with Crippen molar-refractivity contribution in [3.05, 3.63) is 52.7 Å². The second kappa shape index (κ2) is 7.42. The van der Waals surface area contributed by atoms with Crippen LogP contribution in [0.25, 0.3) is 0 Å². The van der Waals surface area contributed by atoms with E-state index in [0.717, 1.165) is 12.8 Å². The van der Waals surface area contributed by atoms with Crippen LogP contribution in [0.5, 0.6) is 11.5 Å². The number of carbonyl (C=O) groups excluding carboxylic acids is 1. The largest absolute Gasteiger partial charge is 0.485 e. The van der Waals surface area contributed by atoms with Crippen molar-refractivity contribution in [1.82, 2.24) is 14.5 Å². The van der Waals surface area contributed by atoms with Crippen molar-refractivity contribution in [3.8, 4) is 11.5 Å². The molecule has 1 aromatic carbocycles. The number of piperidine rings is 1. The lowest BCUT2D eigenvalue weighted by Gasteiger charge is -2.35. The van der Waals surface area contributed by atoms with E-state index in [4.69, 9.17) is 9.47 Å². The topological polar surface area (TPSA) is 73.7 Å². The molecule has 1 amide bonds. The number of likely N-dealkylation sites (tertiary alicyclic amines) is 1. The Labute approximate surface area is 157 Å². The Morgan fingerprint density at radius 2 is 1.96 bits per heavy atom. The number of hydrogen-bond acceptors (Lipinski definition) is 5. The van der Waals surface area contributed by atoms with Gasteiger partial charge in [0.05, 0.1) is 6.33 Å². The summed E-state index contributed by atoms with van der Waals surface area (Å²) in [4.78, 5) is 30.9. The Hall–Kier alpha value is -2.83. The van der Waals surface area contributed by atoms with Crippen LogP contribution < -0.4 is 15.0 Å². The molecule has 1 fully saturated rings. The summed E-state index contributed by atoms with van der Waals surface area (Å²) >= 11 is 0. The average molecular weight is 369 g/mol. The molecule has 0 aliphatic carbocycles. The van der Waals surface area contributed by atoms with Gasteiger partial charge < -0.3 is 14.4 Å². The lowest BCUT2D eigenvalue weighted by atomic mass is 9.96. The maximum Gasteiger partial charge on any atom is 0.267 e. The first-order valence-electron chi connectivity index (χ1n) is 9.30. The van der Waals surface area contributed by atoms with Gasteiger partial charge in [0.25, 0.3) is 11.5 Å². The second-order valence-electron chi connectivity index (χ2n) is 7.17.